The third-order valence-electron chi connectivity index (χ3n) is 2.81. The fraction of sp³-hybridized carbons (Fsp3) is 0.467. The van der Waals surface area contributed by atoms with E-state index in [-0.39, 0.29) is 11.9 Å². The highest BCUT2D eigenvalue weighted by Gasteiger charge is 2.14. The van der Waals surface area contributed by atoms with Gasteiger partial charge in [-0.3, -0.25) is 5.41 Å². The van der Waals surface area contributed by atoms with Crippen LogP contribution in [0.5, 0.6) is 0 Å². The molecule has 0 aromatic heterocycles. The number of nitrogens with two attached hydrogens (primary N) is 1. The minimum absolute atomic E-state index is 0.106. The summed E-state index contributed by atoms with van der Waals surface area (Å²) >= 11 is 0. The van der Waals surface area contributed by atoms with Crippen LogP contribution in [-0.2, 0) is 6.54 Å². The molecule has 1 rings (SSSR count). The van der Waals surface area contributed by atoms with Crippen molar-refractivity contribution in [2.45, 2.75) is 26.8 Å². The Morgan fingerprint density at radius 3 is 2.55 bits per heavy atom. The summed E-state index contributed by atoms with van der Waals surface area (Å²) in [6, 6.07) is 9.68. The van der Waals surface area contributed by atoms with Gasteiger partial charge in [0.2, 0.25) is 0 Å². The fourth-order valence-electron chi connectivity index (χ4n) is 1.86. The summed E-state index contributed by atoms with van der Waals surface area (Å²) in [5, 5.41) is 10.2. The van der Waals surface area contributed by atoms with Crippen LogP contribution in [0, 0.1) is 11.3 Å². The molecular weight excluding hydrogens is 252 g/mol. The van der Waals surface area contributed by atoms with Crippen molar-refractivity contribution in [3.63, 3.8) is 0 Å². The predicted molar refractivity (Wildman–Crippen MR) is 81.6 cm³/mol. The van der Waals surface area contributed by atoms with Crippen LogP contribution in [-0.4, -0.2) is 29.9 Å². The minimum Gasteiger partial charge on any atom is -0.388 e. The van der Waals surface area contributed by atoms with Crippen LogP contribution in [0.25, 0.3) is 0 Å². The van der Waals surface area contributed by atoms with Crippen molar-refractivity contribution in [2.24, 2.45) is 11.7 Å². The summed E-state index contributed by atoms with van der Waals surface area (Å²) in [5.41, 5.74) is 6.43. The van der Waals surface area contributed by atoms with Crippen molar-refractivity contribution in [1.29, 1.82) is 5.41 Å². The molecule has 0 saturated heterocycles. The lowest BCUT2D eigenvalue weighted by atomic mass is 10.2. The monoisotopic (exact) mass is 276 g/mol. The molecule has 0 saturated carbocycles. The highest BCUT2D eigenvalue weighted by atomic mass is 16.2. The maximum Gasteiger partial charge on any atom is 0.317 e. The van der Waals surface area contributed by atoms with Crippen LogP contribution in [0.4, 0.5) is 4.79 Å². The summed E-state index contributed by atoms with van der Waals surface area (Å²) in [6.45, 7) is 5.77. The normalized spacial score (nSPS) is 10.3. The molecule has 4 N–H and O–H groups in total. The van der Waals surface area contributed by atoms with E-state index in [4.69, 9.17) is 11.1 Å². The molecule has 5 heteroatoms. The van der Waals surface area contributed by atoms with Gasteiger partial charge < -0.3 is 16.0 Å². The molecule has 5 nitrogen and oxygen atoms in total. The third-order valence-corrected chi connectivity index (χ3v) is 2.81. The Morgan fingerprint density at radius 1 is 1.35 bits per heavy atom. The first-order valence-corrected chi connectivity index (χ1v) is 6.88. The number of urea groups is 1. The zero-order valence-corrected chi connectivity index (χ0v) is 12.2. The number of carbonyl (C=O) groups excluding carboxylic acids is 1. The quantitative estimate of drug-likeness (QED) is 0.527. The van der Waals surface area contributed by atoms with Gasteiger partial charge in [0, 0.05) is 26.1 Å². The van der Waals surface area contributed by atoms with Gasteiger partial charge >= 0.3 is 6.03 Å². The molecule has 0 bridgehead atoms. The number of amidine groups is 1. The molecule has 0 heterocycles. The smallest absolute Gasteiger partial charge is 0.317 e. The summed E-state index contributed by atoms with van der Waals surface area (Å²) in [4.78, 5) is 13.9. The Labute approximate surface area is 120 Å². The van der Waals surface area contributed by atoms with E-state index in [0.717, 1.165) is 5.56 Å². The number of benzene rings is 1. The Balaban J connectivity index is 2.51. The first kappa shape index (κ1) is 16.0. The standard InChI is InChI=1S/C15H24N4O/c1-12(2)11-19(9-8-14(16)17)15(20)18-10-13-6-4-3-5-7-13/h3-7,12H,8-11H2,1-2H3,(H3,16,17)(H,18,20). The number of nitrogens with one attached hydrogen (secondary N) is 2. The van der Waals surface area contributed by atoms with Crippen molar-refractivity contribution in [1.82, 2.24) is 10.2 Å². The second-order valence-corrected chi connectivity index (χ2v) is 5.26. The van der Waals surface area contributed by atoms with Gasteiger partial charge in [0.1, 0.15) is 0 Å². The summed E-state index contributed by atoms with van der Waals surface area (Å²) in [7, 11) is 0. The van der Waals surface area contributed by atoms with Crippen molar-refractivity contribution in [3.8, 4) is 0 Å². The Hall–Kier alpha value is -2.04. The second kappa shape index (κ2) is 8.19. The topological polar surface area (TPSA) is 82.2 Å². The number of carbonyl (C=O) groups is 1. The summed E-state index contributed by atoms with van der Waals surface area (Å²) in [6.07, 6.45) is 0.408. The average Bonchev–Trinajstić information content (AvgIpc) is 2.41. The molecule has 0 spiro atoms. The zero-order chi connectivity index (χ0) is 15.0. The van der Waals surface area contributed by atoms with Crippen LogP contribution in [0.15, 0.2) is 30.3 Å². The number of rotatable bonds is 7. The van der Waals surface area contributed by atoms with Gasteiger partial charge in [0.05, 0.1) is 5.84 Å². The van der Waals surface area contributed by atoms with Crippen molar-refractivity contribution in [3.05, 3.63) is 35.9 Å². The van der Waals surface area contributed by atoms with E-state index < -0.39 is 0 Å². The van der Waals surface area contributed by atoms with Gasteiger partial charge in [-0.15, -0.1) is 0 Å². The van der Waals surface area contributed by atoms with Crippen LogP contribution in [0.1, 0.15) is 25.8 Å². The first-order valence-electron chi connectivity index (χ1n) is 6.88. The zero-order valence-electron chi connectivity index (χ0n) is 12.2. The molecule has 0 aliphatic carbocycles. The molecular formula is C15H24N4O. The maximum absolute atomic E-state index is 12.2. The van der Waals surface area contributed by atoms with Gasteiger partial charge in [-0.25, -0.2) is 4.79 Å². The average molecular weight is 276 g/mol. The van der Waals surface area contributed by atoms with Crippen LogP contribution in [0.2, 0.25) is 0 Å². The van der Waals surface area contributed by atoms with E-state index in [0.29, 0.717) is 32.0 Å². The third kappa shape index (κ3) is 6.22. The van der Waals surface area contributed by atoms with Crippen LogP contribution >= 0.6 is 0 Å². The van der Waals surface area contributed by atoms with E-state index >= 15 is 0 Å². The first-order chi connectivity index (χ1) is 9.49. The maximum atomic E-state index is 12.2. The van der Waals surface area contributed by atoms with Gasteiger partial charge in [0.15, 0.2) is 0 Å². The molecule has 0 radical (unpaired) electrons. The van der Waals surface area contributed by atoms with E-state index in [1.54, 1.807) is 4.90 Å². The number of amides is 2. The highest BCUT2D eigenvalue weighted by molar-refractivity contribution is 5.78. The van der Waals surface area contributed by atoms with E-state index in [9.17, 15) is 4.79 Å². The predicted octanol–water partition coefficient (Wildman–Crippen LogP) is 2.18. The highest BCUT2D eigenvalue weighted by Crippen LogP contribution is 2.02. The largest absolute Gasteiger partial charge is 0.388 e. The molecule has 110 valence electrons. The van der Waals surface area contributed by atoms with Gasteiger partial charge in [-0.05, 0) is 11.5 Å². The molecule has 20 heavy (non-hydrogen) atoms. The Bertz CT molecular complexity index is 431. The summed E-state index contributed by atoms with van der Waals surface area (Å²) < 4.78 is 0. The summed E-state index contributed by atoms with van der Waals surface area (Å²) in [5.74, 6) is 0.485. The molecule has 0 unspecified atom stereocenters. The molecule has 0 fully saturated rings. The van der Waals surface area contributed by atoms with Crippen LogP contribution in [0.3, 0.4) is 0 Å². The van der Waals surface area contributed by atoms with Crippen LogP contribution < -0.4 is 11.1 Å². The SMILES string of the molecule is CC(C)CN(CCC(=N)N)C(=O)NCc1ccccc1. The van der Waals surface area contributed by atoms with E-state index in [2.05, 4.69) is 19.2 Å². The molecule has 0 aliphatic rings. The van der Waals surface area contributed by atoms with E-state index in [1.807, 2.05) is 30.3 Å². The number of hydrogen-bond donors (Lipinski definition) is 3. The van der Waals surface area contributed by atoms with Gasteiger partial charge in [-0.2, -0.15) is 0 Å². The molecule has 1 aromatic rings. The Kier molecular flexibility index (Phi) is 6.56. The fourth-order valence-corrected chi connectivity index (χ4v) is 1.86. The molecule has 1 aromatic carbocycles. The number of nitrogens with zero attached hydrogens (tertiary/aromatic N) is 1. The lowest BCUT2D eigenvalue weighted by molar-refractivity contribution is 0.192. The molecule has 2 amide bonds. The molecule has 0 atom stereocenters. The van der Waals surface area contributed by atoms with Gasteiger partial charge in [-0.1, -0.05) is 44.2 Å². The van der Waals surface area contributed by atoms with Gasteiger partial charge in [0.25, 0.3) is 0 Å². The lowest BCUT2D eigenvalue weighted by Gasteiger charge is -2.24. The van der Waals surface area contributed by atoms with Crippen molar-refractivity contribution >= 4 is 11.9 Å². The van der Waals surface area contributed by atoms with Crippen molar-refractivity contribution < 1.29 is 4.79 Å². The molecule has 0 aliphatic heterocycles. The second-order valence-electron chi connectivity index (χ2n) is 5.26. The van der Waals surface area contributed by atoms with E-state index in [1.165, 1.54) is 0 Å². The van der Waals surface area contributed by atoms with Crippen molar-refractivity contribution in [2.75, 3.05) is 13.1 Å². The lowest BCUT2D eigenvalue weighted by Crippen LogP contribution is -2.43. The number of hydrogen-bond acceptors (Lipinski definition) is 2. The Morgan fingerprint density at radius 2 is 2.00 bits per heavy atom. The minimum atomic E-state index is -0.108.